The molecule has 1 heterocycles. The van der Waals surface area contributed by atoms with Crippen LogP contribution in [0.2, 0.25) is 0 Å². The molecule has 0 N–H and O–H groups in total. The Hall–Kier alpha value is -1.62. The number of ether oxygens (including phenoxy) is 1. The minimum absolute atomic E-state index is 0.160. The third kappa shape index (κ3) is 2.49. The first-order valence-corrected chi connectivity index (χ1v) is 5.81. The van der Waals surface area contributed by atoms with Gasteiger partial charge in [-0.2, -0.15) is 4.98 Å². The van der Waals surface area contributed by atoms with E-state index >= 15 is 0 Å². The van der Waals surface area contributed by atoms with Crippen LogP contribution in [-0.2, 0) is 0 Å². The van der Waals surface area contributed by atoms with Crippen molar-refractivity contribution in [3.63, 3.8) is 0 Å². The van der Waals surface area contributed by atoms with Gasteiger partial charge in [-0.25, -0.2) is 9.37 Å². The van der Waals surface area contributed by atoms with Crippen molar-refractivity contribution in [2.45, 2.75) is 5.16 Å². The Morgan fingerprint density at radius 2 is 2.06 bits per heavy atom. The van der Waals surface area contributed by atoms with Crippen LogP contribution < -0.4 is 4.74 Å². The first kappa shape index (κ1) is 10.9. The second kappa shape index (κ2) is 4.94. The molecule has 0 bridgehead atoms. The molecule has 0 aliphatic heterocycles. The average Bonchev–Trinajstić information content (AvgIpc) is 2.32. The first-order chi connectivity index (χ1) is 7.79. The molecule has 0 amide bonds. The Bertz CT molecular complexity index is 493. The summed E-state index contributed by atoms with van der Waals surface area (Å²) >= 11 is 1.40. The Morgan fingerprint density at radius 1 is 1.25 bits per heavy atom. The molecule has 5 heteroatoms. The summed E-state index contributed by atoms with van der Waals surface area (Å²) in [5.74, 6) is 0.0875. The molecule has 0 radical (unpaired) electrons. The molecule has 2 rings (SSSR count). The molecule has 0 unspecified atom stereocenters. The number of hydrogen-bond acceptors (Lipinski definition) is 4. The van der Waals surface area contributed by atoms with Gasteiger partial charge in [0.1, 0.15) is 0 Å². The minimum atomic E-state index is -0.410. The maximum atomic E-state index is 13.3. The van der Waals surface area contributed by atoms with E-state index in [4.69, 9.17) is 4.74 Å². The molecule has 0 fully saturated rings. The lowest BCUT2D eigenvalue weighted by molar-refractivity contribution is 0.422. The highest BCUT2D eigenvalue weighted by atomic mass is 32.2. The molecular formula is C11H9FN2OS. The number of hydrogen-bond donors (Lipinski definition) is 0. The van der Waals surface area contributed by atoms with Crippen molar-refractivity contribution >= 4 is 11.8 Å². The van der Waals surface area contributed by atoms with E-state index in [-0.39, 0.29) is 5.75 Å². The van der Waals surface area contributed by atoms with Gasteiger partial charge < -0.3 is 4.74 Å². The van der Waals surface area contributed by atoms with Gasteiger partial charge in [-0.3, -0.25) is 0 Å². The SMILES string of the molecule is CSc1nccc(Oc2ccccc2F)n1. The highest BCUT2D eigenvalue weighted by Crippen LogP contribution is 2.23. The van der Waals surface area contributed by atoms with E-state index in [1.54, 1.807) is 30.5 Å². The van der Waals surface area contributed by atoms with Crippen LogP contribution in [0.4, 0.5) is 4.39 Å². The molecule has 0 spiro atoms. The number of rotatable bonds is 3. The Labute approximate surface area is 96.7 Å². The number of para-hydroxylation sites is 1. The quantitative estimate of drug-likeness (QED) is 0.605. The number of benzene rings is 1. The summed E-state index contributed by atoms with van der Waals surface area (Å²) in [6.07, 6.45) is 3.44. The maximum Gasteiger partial charge on any atom is 0.223 e. The molecule has 3 nitrogen and oxygen atoms in total. The third-order valence-corrected chi connectivity index (χ3v) is 2.40. The molecule has 0 aliphatic carbocycles. The van der Waals surface area contributed by atoms with Crippen LogP contribution in [-0.4, -0.2) is 16.2 Å². The molecular weight excluding hydrogens is 227 g/mol. The Kier molecular flexibility index (Phi) is 3.36. The molecule has 0 saturated carbocycles. The maximum absolute atomic E-state index is 13.3. The number of nitrogens with zero attached hydrogens (tertiary/aromatic N) is 2. The van der Waals surface area contributed by atoms with Crippen molar-refractivity contribution in [1.82, 2.24) is 9.97 Å². The fourth-order valence-corrected chi connectivity index (χ4v) is 1.47. The topological polar surface area (TPSA) is 35.0 Å². The largest absolute Gasteiger partial charge is 0.436 e. The van der Waals surface area contributed by atoms with Crippen LogP contribution >= 0.6 is 11.8 Å². The Balaban J connectivity index is 2.24. The first-order valence-electron chi connectivity index (χ1n) is 4.59. The van der Waals surface area contributed by atoms with E-state index in [2.05, 4.69) is 9.97 Å². The summed E-state index contributed by atoms with van der Waals surface area (Å²) in [6, 6.07) is 7.79. The fourth-order valence-electron chi connectivity index (χ4n) is 1.12. The van der Waals surface area contributed by atoms with Crippen molar-refractivity contribution < 1.29 is 9.13 Å². The summed E-state index contributed by atoms with van der Waals surface area (Å²) in [4.78, 5) is 8.09. The number of halogens is 1. The predicted molar refractivity (Wildman–Crippen MR) is 60.3 cm³/mol. The zero-order chi connectivity index (χ0) is 11.4. The van der Waals surface area contributed by atoms with Gasteiger partial charge >= 0.3 is 0 Å². The summed E-state index contributed by atoms with van der Waals surface area (Å²) in [7, 11) is 0. The molecule has 0 saturated heterocycles. The standard InChI is InChI=1S/C11H9FN2OS/c1-16-11-13-7-6-10(14-11)15-9-5-3-2-4-8(9)12/h2-7H,1H3. The van der Waals surface area contributed by atoms with Crippen LogP contribution in [0.5, 0.6) is 11.6 Å². The smallest absolute Gasteiger partial charge is 0.223 e. The van der Waals surface area contributed by atoms with Crippen LogP contribution in [0, 0.1) is 5.82 Å². The van der Waals surface area contributed by atoms with Crippen molar-refractivity contribution in [3.05, 3.63) is 42.3 Å². The molecule has 1 aromatic carbocycles. The van der Waals surface area contributed by atoms with Gasteiger partial charge in [-0.05, 0) is 18.4 Å². The van der Waals surface area contributed by atoms with E-state index in [0.717, 1.165) is 0 Å². The molecule has 1 aromatic heterocycles. The normalized spacial score (nSPS) is 10.1. The minimum Gasteiger partial charge on any atom is -0.436 e. The summed E-state index contributed by atoms with van der Waals surface area (Å²) in [5.41, 5.74) is 0. The highest BCUT2D eigenvalue weighted by Gasteiger charge is 2.05. The van der Waals surface area contributed by atoms with E-state index in [1.165, 1.54) is 17.8 Å². The monoisotopic (exact) mass is 236 g/mol. The van der Waals surface area contributed by atoms with E-state index in [0.29, 0.717) is 11.0 Å². The van der Waals surface area contributed by atoms with Gasteiger partial charge in [0.15, 0.2) is 16.7 Å². The molecule has 0 atom stereocenters. The lowest BCUT2D eigenvalue weighted by atomic mass is 10.3. The lowest BCUT2D eigenvalue weighted by Crippen LogP contribution is -1.92. The summed E-state index contributed by atoms with van der Waals surface area (Å²) < 4.78 is 18.6. The number of aromatic nitrogens is 2. The summed E-state index contributed by atoms with van der Waals surface area (Å²) in [5, 5.41) is 0.592. The van der Waals surface area contributed by atoms with Crippen LogP contribution in [0.25, 0.3) is 0 Å². The van der Waals surface area contributed by atoms with Gasteiger partial charge in [0, 0.05) is 12.3 Å². The van der Waals surface area contributed by atoms with Gasteiger partial charge in [-0.1, -0.05) is 23.9 Å². The molecule has 0 aliphatic rings. The lowest BCUT2D eigenvalue weighted by Gasteiger charge is -2.05. The predicted octanol–water partition coefficient (Wildman–Crippen LogP) is 3.13. The second-order valence-electron chi connectivity index (χ2n) is 2.91. The van der Waals surface area contributed by atoms with E-state index < -0.39 is 5.82 Å². The van der Waals surface area contributed by atoms with E-state index in [9.17, 15) is 4.39 Å². The van der Waals surface area contributed by atoms with Gasteiger partial charge in [0.25, 0.3) is 0 Å². The van der Waals surface area contributed by atoms with Gasteiger partial charge in [0.2, 0.25) is 5.88 Å². The highest BCUT2D eigenvalue weighted by molar-refractivity contribution is 7.98. The van der Waals surface area contributed by atoms with Crippen LogP contribution in [0.3, 0.4) is 0 Å². The van der Waals surface area contributed by atoms with Crippen molar-refractivity contribution in [2.24, 2.45) is 0 Å². The number of thioether (sulfide) groups is 1. The summed E-state index contributed by atoms with van der Waals surface area (Å²) in [6.45, 7) is 0. The molecule has 82 valence electrons. The molecule has 2 aromatic rings. The zero-order valence-electron chi connectivity index (χ0n) is 8.55. The van der Waals surface area contributed by atoms with Crippen molar-refractivity contribution in [2.75, 3.05) is 6.26 Å². The third-order valence-electron chi connectivity index (χ3n) is 1.84. The fraction of sp³-hybridized carbons (Fsp3) is 0.0909. The van der Waals surface area contributed by atoms with Crippen LogP contribution in [0.1, 0.15) is 0 Å². The van der Waals surface area contributed by atoms with Crippen LogP contribution in [0.15, 0.2) is 41.7 Å². The molecule has 16 heavy (non-hydrogen) atoms. The second-order valence-corrected chi connectivity index (χ2v) is 3.69. The Morgan fingerprint density at radius 3 is 2.81 bits per heavy atom. The van der Waals surface area contributed by atoms with Crippen molar-refractivity contribution in [1.29, 1.82) is 0 Å². The average molecular weight is 236 g/mol. The van der Waals surface area contributed by atoms with Crippen molar-refractivity contribution in [3.8, 4) is 11.6 Å². The van der Waals surface area contributed by atoms with Gasteiger partial charge in [0.05, 0.1) is 0 Å². The van der Waals surface area contributed by atoms with E-state index in [1.807, 2.05) is 6.26 Å². The van der Waals surface area contributed by atoms with Gasteiger partial charge in [-0.15, -0.1) is 0 Å². The zero-order valence-corrected chi connectivity index (χ0v) is 9.37.